The summed E-state index contributed by atoms with van der Waals surface area (Å²) < 4.78 is 17.7. The van der Waals surface area contributed by atoms with Crippen molar-refractivity contribution in [2.75, 3.05) is 5.73 Å². The van der Waals surface area contributed by atoms with Gasteiger partial charge < -0.3 is 10.8 Å². The van der Waals surface area contributed by atoms with Crippen LogP contribution in [0.3, 0.4) is 0 Å². The lowest BCUT2D eigenvalue weighted by Crippen LogP contribution is -2.27. The average Bonchev–Trinajstić information content (AvgIpc) is 3.18. The summed E-state index contributed by atoms with van der Waals surface area (Å²) in [6.07, 6.45) is 5.97. The number of fused-ring (bicyclic) bond motifs is 2. The van der Waals surface area contributed by atoms with E-state index in [9.17, 15) is 5.11 Å². The van der Waals surface area contributed by atoms with Gasteiger partial charge in [-0.2, -0.15) is 0 Å². The Kier molecular flexibility index (Phi) is 4.16. The number of nitrogens with two attached hydrogens (primary N) is 1. The van der Waals surface area contributed by atoms with E-state index in [-0.39, 0.29) is 23.4 Å². The Morgan fingerprint density at radius 2 is 1.81 bits per heavy atom. The number of nitrogens with zero attached hydrogens (tertiary/aromatic N) is 5. The van der Waals surface area contributed by atoms with Crippen molar-refractivity contribution in [1.29, 1.82) is 0 Å². The number of hydrogen-bond acceptors (Lipinski definition) is 6. The summed E-state index contributed by atoms with van der Waals surface area (Å²) in [5.41, 5.74) is 9.00. The molecule has 1 aliphatic carbocycles. The van der Waals surface area contributed by atoms with Gasteiger partial charge in [0, 0.05) is 35.5 Å². The first-order chi connectivity index (χ1) is 15.6. The molecule has 0 spiro atoms. The summed E-state index contributed by atoms with van der Waals surface area (Å²) in [6.45, 7) is 0. The Morgan fingerprint density at radius 3 is 2.59 bits per heavy atom. The van der Waals surface area contributed by atoms with Gasteiger partial charge >= 0.3 is 0 Å². The monoisotopic (exact) mass is 426 g/mol. The summed E-state index contributed by atoms with van der Waals surface area (Å²) >= 11 is 0. The molecule has 1 aliphatic rings. The van der Waals surface area contributed by atoms with E-state index in [1.807, 2.05) is 40.8 Å². The number of benzene rings is 1. The van der Waals surface area contributed by atoms with Gasteiger partial charge in [0.05, 0.1) is 17.5 Å². The molecule has 8 heteroatoms. The number of anilines is 1. The highest BCUT2D eigenvalue weighted by atomic mass is 19.1. The zero-order valence-corrected chi connectivity index (χ0v) is 17.0. The van der Waals surface area contributed by atoms with Crippen molar-refractivity contribution < 1.29 is 9.50 Å². The Hall–Kier alpha value is -3.91. The van der Waals surface area contributed by atoms with Crippen molar-refractivity contribution >= 4 is 22.2 Å². The molecule has 1 fully saturated rings. The number of rotatable bonds is 3. The molecule has 5 aromatic rings. The van der Waals surface area contributed by atoms with Crippen LogP contribution in [0.2, 0.25) is 0 Å². The molecule has 0 unspecified atom stereocenters. The number of aromatic nitrogens is 5. The van der Waals surface area contributed by atoms with E-state index in [0.717, 1.165) is 5.82 Å². The summed E-state index contributed by atoms with van der Waals surface area (Å²) in [6, 6.07) is 12.7. The molecule has 0 aliphatic heterocycles. The number of pyridine rings is 2. The Morgan fingerprint density at radius 1 is 0.969 bits per heavy atom. The Labute approximate surface area is 182 Å². The van der Waals surface area contributed by atoms with Crippen molar-refractivity contribution in [2.24, 2.45) is 0 Å². The Bertz CT molecular complexity index is 1480. The highest BCUT2D eigenvalue weighted by molar-refractivity contribution is 5.92. The highest BCUT2D eigenvalue weighted by Gasteiger charge is 2.33. The van der Waals surface area contributed by atoms with Crippen LogP contribution in [-0.4, -0.2) is 35.5 Å². The molecule has 6 rings (SSSR count). The van der Waals surface area contributed by atoms with Crippen molar-refractivity contribution in [3.05, 3.63) is 72.7 Å². The number of halogens is 1. The quantitative estimate of drug-likeness (QED) is 0.453. The summed E-state index contributed by atoms with van der Waals surface area (Å²) in [5.74, 6) is 0.647. The highest BCUT2D eigenvalue weighted by Crippen LogP contribution is 2.40. The van der Waals surface area contributed by atoms with Crippen LogP contribution >= 0.6 is 0 Å². The van der Waals surface area contributed by atoms with Crippen LogP contribution in [0, 0.1) is 5.82 Å². The number of imidazole rings is 1. The van der Waals surface area contributed by atoms with Gasteiger partial charge in [0.25, 0.3) is 0 Å². The third-order valence-electron chi connectivity index (χ3n) is 6.07. The van der Waals surface area contributed by atoms with E-state index in [0.29, 0.717) is 46.4 Å². The molecular formula is C24H19FN6O. The third kappa shape index (κ3) is 2.84. The van der Waals surface area contributed by atoms with Gasteiger partial charge in [-0.25, -0.2) is 19.3 Å². The predicted octanol–water partition coefficient (Wildman–Crippen LogP) is 3.97. The number of nitrogen functional groups attached to an aromatic ring is 1. The van der Waals surface area contributed by atoms with E-state index in [4.69, 9.17) is 10.7 Å². The first kappa shape index (κ1) is 18.8. The van der Waals surface area contributed by atoms with Crippen LogP contribution in [0.15, 0.2) is 61.1 Å². The number of hydrogen-bond donors (Lipinski definition) is 2. The summed E-state index contributed by atoms with van der Waals surface area (Å²) in [7, 11) is 0. The third-order valence-corrected chi connectivity index (χ3v) is 6.07. The van der Waals surface area contributed by atoms with E-state index in [1.54, 1.807) is 24.7 Å². The Balaban J connectivity index is 1.56. The van der Waals surface area contributed by atoms with Crippen molar-refractivity contribution in [3.8, 4) is 22.6 Å². The normalized spacial score (nSPS) is 18.2. The van der Waals surface area contributed by atoms with Gasteiger partial charge in [-0.15, -0.1) is 0 Å². The zero-order chi connectivity index (χ0) is 21.8. The number of aliphatic hydroxyl groups is 1. The molecule has 1 saturated carbocycles. The minimum Gasteiger partial charge on any atom is -0.393 e. The molecule has 158 valence electrons. The van der Waals surface area contributed by atoms with Gasteiger partial charge in [-0.3, -0.25) is 9.38 Å². The molecule has 0 amide bonds. The van der Waals surface area contributed by atoms with Gasteiger partial charge in [0.15, 0.2) is 5.82 Å². The van der Waals surface area contributed by atoms with Gasteiger partial charge in [0.2, 0.25) is 0 Å². The largest absolute Gasteiger partial charge is 0.393 e. The fourth-order valence-electron chi connectivity index (χ4n) is 4.36. The van der Waals surface area contributed by atoms with E-state index in [1.165, 1.54) is 0 Å². The molecule has 32 heavy (non-hydrogen) atoms. The lowest BCUT2D eigenvalue weighted by atomic mass is 9.82. The van der Waals surface area contributed by atoms with Gasteiger partial charge in [-0.05, 0) is 37.1 Å². The van der Waals surface area contributed by atoms with Crippen LogP contribution in [0.5, 0.6) is 0 Å². The second-order valence-electron chi connectivity index (χ2n) is 8.08. The van der Waals surface area contributed by atoms with Gasteiger partial charge in [-0.1, -0.05) is 18.2 Å². The molecule has 1 aromatic carbocycles. The lowest BCUT2D eigenvalue weighted by Gasteiger charge is -2.30. The van der Waals surface area contributed by atoms with Crippen LogP contribution in [0.25, 0.3) is 39.1 Å². The number of aliphatic hydroxyl groups excluding tert-OH is 1. The standard InChI is InChI=1S/C24H19FN6O/c25-19-16(6-4-13-5-7-18(29-20(13)19)17-3-1-2-8-27-17)21-22-23(26)28-9-10-31(22)24(30-21)14-11-15(32)12-14/h1-10,14-15,32H,11-12H2,(H2,26,28). The summed E-state index contributed by atoms with van der Waals surface area (Å²) in [5, 5.41) is 10.4. The van der Waals surface area contributed by atoms with E-state index < -0.39 is 5.82 Å². The zero-order valence-electron chi connectivity index (χ0n) is 17.0. The van der Waals surface area contributed by atoms with Crippen molar-refractivity contribution in [2.45, 2.75) is 24.9 Å². The maximum atomic E-state index is 15.8. The molecule has 4 aromatic heterocycles. The molecule has 0 saturated heterocycles. The first-order valence-electron chi connectivity index (χ1n) is 10.4. The van der Waals surface area contributed by atoms with Crippen molar-refractivity contribution in [1.82, 2.24) is 24.3 Å². The topological polar surface area (TPSA) is 102 Å². The maximum Gasteiger partial charge on any atom is 0.158 e. The smallest absolute Gasteiger partial charge is 0.158 e. The molecule has 0 atom stereocenters. The minimum atomic E-state index is -0.469. The molecule has 4 heterocycles. The summed E-state index contributed by atoms with van der Waals surface area (Å²) in [4.78, 5) is 17.8. The molecule has 0 radical (unpaired) electrons. The maximum absolute atomic E-state index is 15.8. The second-order valence-corrected chi connectivity index (χ2v) is 8.08. The molecular weight excluding hydrogens is 407 g/mol. The molecule has 0 bridgehead atoms. The molecule has 7 nitrogen and oxygen atoms in total. The van der Waals surface area contributed by atoms with Crippen LogP contribution < -0.4 is 5.73 Å². The SMILES string of the molecule is Nc1nccn2c(C3CC(O)C3)nc(-c3ccc4ccc(-c5ccccn5)nc4c3F)c12. The van der Waals surface area contributed by atoms with E-state index >= 15 is 4.39 Å². The van der Waals surface area contributed by atoms with Crippen molar-refractivity contribution in [3.63, 3.8) is 0 Å². The average molecular weight is 426 g/mol. The minimum absolute atomic E-state index is 0.0884. The lowest BCUT2D eigenvalue weighted by molar-refractivity contribution is 0.0715. The second kappa shape index (κ2) is 7.06. The predicted molar refractivity (Wildman–Crippen MR) is 119 cm³/mol. The fourth-order valence-corrected chi connectivity index (χ4v) is 4.36. The van der Waals surface area contributed by atoms with E-state index in [2.05, 4.69) is 15.0 Å². The van der Waals surface area contributed by atoms with Gasteiger partial charge in [0.1, 0.15) is 28.4 Å². The van der Waals surface area contributed by atoms with Crippen LogP contribution in [0.4, 0.5) is 10.2 Å². The molecule has 3 N–H and O–H groups in total. The first-order valence-corrected chi connectivity index (χ1v) is 10.4. The van der Waals surface area contributed by atoms with Crippen LogP contribution in [-0.2, 0) is 0 Å². The fraction of sp³-hybridized carbons (Fsp3) is 0.167. The van der Waals surface area contributed by atoms with Crippen LogP contribution in [0.1, 0.15) is 24.6 Å².